The Hall–Kier alpha value is -1.55. The van der Waals surface area contributed by atoms with Crippen LogP contribution in [0.5, 0.6) is 0 Å². The fourth-order valence-electron chi connectivity index (χ4n) is 1.10. The maximum absolute atomic E-state index is 8.69. The van der Waals surface area contributed by atoms with Crippen LogP contribution in [0.2, 0.25) is 5.02 Å². The predicted octanol–water partition coefficient (Wildman–Crippen LogP) is 2.54. The van der Waals surface area contributed by atoms with Crippen molar-refractivity contribution in [1.29, 1.82) is 0 Å². The molecule has 15 heavy (non-hydrogen) atoms. The summed E-state index contributed by atoms with van der Waals surface area (Å²) in [6.45, 7) is 1.61. The normalized spacial score (nSPS) is 12.7. The van der Waals surface area contributed by atoms with Crippen LogP contribution in [-0.2, 0) is 4.84 Å². The third kappa shape index (κ3) is 2.70. The summed E-state index contributed by atoms with van der Waals surface area (Å²) in [5.74, 6) is 0. The molecule has 0 saturated heterocycles. The molecular formula is C10H11ClN2O2. The molecule has 0 aromatic heterocycles. The molecule has 0 bridgehead atoms. The molecule has 0 aliphatic rings. The highest BCUT2D eigenvalue weighted by Crippen LogP contribution is 2.16. The Labute approximate surface area is 92.8 Å². The van der Waals surface area contributed by atoms with Gasteiger partial charge in [-0.2, -0.15) is 0 Å². The molecule has 5 heteroatoms. The highest BCUT2D eigenvalue weighted by molar-refractivity contribution is 6.50. The van der Waals surface area contributed by atoms with E-state index in [1.165, 1.54) is 7.11 Å². The zero-order valence-corrected chi connectivity index (χ0v) is 9.19. The molecule has 0 saturated carbocycles. The lowest BCUT2D eigenvalue weighted by Gasteiger charge is -2.05. The van der Waals surface area contributed by atoms with E-state index in [0.717, 1.165) is 0 Å². The Morgan fingerprint density at radius 1 is 1.40 bits per heavy atom. The third-order valence-electron chi connectivity index (χ3n) is 1.80. The van der Waals surface area contributed by atoms with E-state index >= 15 is 0 Å². The first-order valence-corrected chi connectivity index (χ1v) is 4.63. The molecule has 0 radical (unpaired) electrons. The van der Waals surface area contributed by atoms with E-state index in [9.17, 15) is 0 Å². The van der Waals surface area contributed by atoms with Crippen LogP contribution >= 0.6 is 11.6 Å². The van der Waals surface area contributed by atoms with Gasteiger partial charge in [-0.15, -0.1) is 0 Å². The Balaban J connectivity index is 3.23. The molecule has 0 aliphatic heterocycles. The van der Waals surface area contributed by atoms with Crippen molar-refractivity contribution in [1.82, 2.24) is 0 Å². The summed E-state index contributed by atoms with van der Waals surface area (Å²) in [6.07, 6.45) is 0. The number of hydrogen-bond donors (Lipinski definition) is 1. The Morgan fingerprint density at radius 3 is 2.60 bits per heavy atom. The molecule has 0 unspecified atom stereocenters. The molecule has 4 nitrogen and oxygen atoms in total. The minimum atomic E-state index is 0.338. The molecule has 1 aromatic carbocycles. The van der Waals surface area contributed by atoms with Crippen LogP contribution in [0.15, 0.2) is 34.6 Å². The molecule has 1 rings (SSSR count). The average molecular weight is 227 g/mol. The van der Waals surface area contributed by atoms with Gasteiger partial charge in [0.05, 0.1) is 5.02 Å². The van der Waals surface area contributed by atoms with E-state index in [1.807, 2.05) is 12.1 Å². The predicted molar refractivity (Wildman–Crippen MR) is 59.9 cm³/mol. The molecule has 0 amide bonds. The van der Waals surface area contributed by atoms with Crippen LogP contribution < -0.4 is 0 Å². The van der Waals surface area contributed by atoms with Gasteiger partial charge in [0.2, 0.25) is 0 Å². The van der Waals surface area contributed by atoms with Crippen LogP contribution in [0.1, 0.15) is 12.5 Å². The van der Waals surface area contributed by atoms with Gasteiger partial charge in [0, 0.05) is 5.56 Å². The van der Waals surface area contributed by atoms with Crippen molar-refractivity contribution in [2.45, 2.75) is 6.92 Å². The number of benzene rings is 1. The third-order valence-corrected chi connectivity index (χ3v) is 2.13. The second-order valence-corrected chi connectivity index (χ2v) is 3.19. The minimum absolute atomic E-state index is 0.338. The summed E-state index contributed by atoms with van der Waals surface area (Å²) in [4.78, 5) is 4.67. The summed E-state index contributed by atoms with van der Waals surface area (Å²) in [5.41, 5.74) is 1.41. The smallest absolute Gasteiger partial charge is 0.136 e. The summed E-state index contributed by atoms with van der Waals surface area (Å²) in [5, 5.41) is 16.1. The van der Waals surface area contributed by atoms with E-state index in [-0.39, 0.29) is 0 Å². The van der Waals surface area contributed by atoms with E-state index in [2.05, 4.69) is 15.1 Å². The quantitative estimate of drug-likeness (QED) is 0.489. The van der Waals surface area contributed by atoms with Crippen molar-refractivity contribution in [2.75, 3.05) is 7.11 Å². The van der Waals surface area contributed by atoms with E-state index < -0.39 is 0 Å². The van der Waals surface area contributed by atoms with Crippen molar-refractivity contribution >= 4 is 23.0 Å². The minimum Gasteiger partial charge on any atom is -0.411 e. The average Bonchev–Trinajstić information content (AvgIpc) is 2.26. The van der Waals surface area contributed by atoms with Crippen LogP contribution in [0.3, 0.4) is 0 Å². The van der Waals surface area contributed by atoms with Crippen molar-refractivity contribution in [3.05, 3.63) is 34.9 Å². The van der Waals surface area contributed by atoms with Gasteiger partial charge in [-0.05, 0) is 13.0 Å². The van der Waals surface area contributed by atoms with Crippen molar-refractivity contribution < 1.29 is 10.0 Å². The molecular weight excluding hydrogens is 216 g/mol. The lowest BCUT2D eigenvalue weighted by atomic mass is 10.1. The molecule has 0 atom stereocenters. The molecule has 0 aliphatic carbocycles. The largest absolute Gasteiger partial charge is 0.411 e. The fraction of sp³-hybridized carbons (Fsp3) is 0.200. The monoisotopic (exact) mass is 226 g/mol. The number of rotatable bonds is 3. The molecule has 0 fully saturated rings. The van der Waals surface area contributed by atoms with Gasteiger partial charge in [-0.1, -0.05) is 40.1 Å². The molecule has 0 spiro atoms. The first kappa shape index (κ1) is 11.5. The second-order valence-electron chi connectivity index (χ2n) is 2.79. The fourth-order valence-corrected chi connectivity index (χ4v) is 1.33. The highest BCUT2D eigenvalue weighted by atomic mass is 35.5. The van der Waals surface area contributed by atoms with Gasteiger partial charge in [0.15, 0.2) is 0 Å². The second kappa shape index (κ2) is 5.36. The Morgan fingerprint density at radius 2 is 2.07 bits per heavy atom. The van der Waals surface area contributed by atoms with Crippen LogP contribution in [0.25, 0.3) is 0 Å². The first-order valence-electron chi connectivity index (χ1n) is 4.25. The van der Waals surface area contributed by atoms with Crippen LogP contribution in [0.4, 0.5) is 0 Å². The standard InChI is InChI=1S/C10H11ClN2O2/c1-7(12-14)10(13-15-2)8-5-3-4-6-9(8)11/h3-6,14H,1-2H3/b12-7+,13-10+. The summed E-state index contributed by atoms with van der Waals surface area (Å²) < 4.78 is 0. The molecule has 80 valence electrons. The Kier molecular flexibility index (Phi) is 4.12. The number of oxime groups is 2. The lowest BCUT2D eigenvalue weighted by Crippen LogP contribution is -2.13. The van der Waals surface area contributed by atoms with Gasteiger partial charge in [-0.25, -0.2) is 0 Å². The maximum Gasteiger partial charge on any atom is 0.136 e. The lowest BCUT2D eigenvalue weighted by molar-refractivity contribution is 0.214. The number of halogens is 1. The zero-order valence-electron chi connectivity index (χ0n) is 8.44. The molecule has 0 heterocycles. The van der Waals surface area contributed by atoms with E-state index in [1.54, 1.807) is 19.1 Å². The van der Waals surface area contributed by atoms with Crippen LogP contribution in [-0.4, -0.2) is 23.7 Å². The topological polar surface area (TPSA) is 54.2 Å². The molecule has 1 aromatic rings. The zero-order chi connectivity index (χ0) is 11.3. The van der Waals surface area contributed by atoms with Crippen molar-refractivity contribution in [3.8, 4) is 0 Å². The summed E-state index contributed by atoms with van der Waals surface area (Å²) in [7, 11) is 1.42. The van der Waals surface area contributed by atoms with E-state index in [0.29, 0.717) is 22.0 Å². The van der Waals surface area contributed by atoms with Gasteiger partial charge >= 0.3 is 0 Å². The number of nitrogens with zero attached hydrogens (tertiary/aromatic N) is 2. The summed E-state index contributed by atoms with van der Waals surface area (Å²) in [6, 6.07) is 7.13. The number of hydrogen-bond acceptors (Lipinski definition) is 4. The van der Waals surface area contributed by atoms with Gasteiger partial charge < -0.3 is 10.0 Å². The first-order chi connectivity index (χ1) is 7.20. The summed E-state index contributed by atoms with van der Waals surface area (Å²) >= 11 is 5.98. The van der Waals surface area contributed by atoms with E-state index in [4.69, 9.17) is 16.8 Å². The molecule has 1 N–H and O–H groups in total. The van der Waals surface area contributed by atoms with Gasteiger partial charge in [0.1, 0.15) is 18.5 Å². The highest BCUT2D eigenvalue weighted by Gasteiger charge is 2.12. The SMILES string of the molecule is CO/N=C(\C(C)=N\O)c1ccccc1Cl. The van der Waals surface area contributed by atoms with Crippen molar-refractivity contribution in [3.63, 3.8) is 0 Å². The maximum atomic E-state index is 8.69. The van der Waals surface area contributed by atoms with Gasteiger partial charge in [0.25, 0.3) is 0 Å². The van der Waals surface area contributed by atoms with Gasteiger partial charge in [-0.3, -0.25) is 0 Å². The Bertz CT molecular complexity index is 402. The van der Waals surface area contributed by atoms with Crippen molar-refractivity contribution in [2.24, 2.45) is 10.3 Å². The van der Waals surface area contributed by atoms with Crippen LogP contribution in [0, 0.1) is 0 Å².